The highest BCUT2D eigenvalue weighted by Crippen LogP contribution is 2.43. The number of benzene rings is 2. The van der Waals surface area contributed by atoms with Gasteiger partial charge in [-0.2, -0.15) is 0 Å². The van der Waals surface area contributed by atoms with Gasteiger partial charge in [0.1, 0.15) is 11.8 Å². The van der Waals surface area contributed by atoms with Crippen LogP contribution in [0.5, 0.6) is 5.75 Å². The van der Waals surface area contributed by atoms with Crippen molar-refractivity contribution in [1.29, 1.82) is 0 Å². The van der Waals surface area contributed by atoms with Crippen molar-refractivity contribution in [1.82, 2.24) is 14.9 Å². The summed E-state index contributed by atoms with van der Waals surface area (Å²) in [6, 6.07) is 27.1. The summed E-state index contributed by atoms with van der Waals surface area (Å²) in [5.41, 5.74) is 6.70. The molecule has 4 aromatic rings. The van der Waals surface area contributed by atoms with Gasteiger partial charge in [-0.25, -0.2) is 0 Å². The van der Waals surface area contributed by atoms with Crippen LogP contribution in [-0.4, -0.2) is 21.8 Å². The molecule has 3 heterocycles. The Labute approximate surface area is 212 Å². The Balaban J connectivity index is 1.65. The van der Waals surface area contributed by atoms with E-state index >= 15 is 0 Å². The molecule has 2 aromatic heterocycles. The largest absolute Gasteiger partial charge is 0.497 e. The summed E-state index contributed by atoms with van der Waals surface area (Å²) in [6.07, 6.45) is 1.84. The van der Waals surface area contributed by atoms with Gasteiger partial charge in [0.05, 0.1) is 18.8 Å². The molecule has 2 atom stereocenters. The van der Waals surface area contributed by atoms with Crippen LogP contribution in [-0.2, 0) is 0 Å². The first-order chi connectivity index (χ1) is 17.0. The molecule has 0 amide bonds. The lowest BCUT2D eigenvalue weighted by Crippen LogP contribution is -2.30. The van der Waals surface area contributed by atoms with Crippen LogP contribution in [0.25, 0.3) is 5.69 Å². The molecule has 1 fully saturated rings. The summed E-state index contributed by atoms with van der Waals surface area (Å²) < 4.78 is 7.68. The van der Waals surface area contributed by atoms with E-state index in [9.17, 15) is 0 Å². The fourth-order valence-corrected chi connectivity index (χ4v) is 5.17. The highest BCUT2D eigenvalue weighted by atomic mass is 32.1. The van der Waals surface area contributed by atoms with E-state index in [0.29, 0.717) is 11.0 Å². The summed E-state index contributed by atoms with van der Waals surface area (Å²) in [7, 11) is 1.69. The van der Waals surface area contributed by atoms with E-state index in [1.54, 1.807) is 7.11 Å². The second kappa shape index (κ2) is 9.55. The molecule has 6 heteroatoms. The Bertz CT molecular complexity index is 1310. The van der Waals surface area contributed by atoms with Gasteiger partial charge in [0, 0.05) is 29.0 Å². The van der Waals surface area contributed by atoms with Crippen molar-refractivity contribution >= 4 is 23.0 Å². The van der Waals surface area contributed by atoms with E-state index in [2.05, 4.69) is 90.2 Å². The van der Waals surface area contributed by atoms with Crippen LogP contribution in [0.3, 0.4) is 0 Å². The van der Waals surface area contributed by atoms with Crippen LogP contribution in [0.2, 0.25) is 0 Å². The molecule has 2 aromatic carbocycles. The number of aryl methyl sites for hydroxylation is 1. The van der Waals surface area contributed by atoms with Gasteiger partial charge in [0.15, 0.2) is 5.11 Å². The van der Waals surface area contributed by atoms with Gasteiger partial charge in [-0.05, 0) is 91.3 Å². The molecule has 0 spiro atoms. The average molecular weight is 483 g/mol. The fourth-order valence-electron chi connectivity index (χ4n) is 4.83. The molecular weight excluding hydrogens is 452 g/mol. The molecule has 0 bridgehead atoms. The number of hydrogen-bond donors (Lipinski definition) is 1. The summed E-state index contributed by atoms with van der Waals surface area (Å²) >= 11 is 5.92. The minimum atomic E-state index is -0.0974. The molecular formula is C29H30N4OS. The molecule has 35 heavy (non-hydrogen) atoms. The highest BCUT2D eigenvalue weighted by Gasteiger charge is 2.42. The third kappa shape index (κ3) is 4.30. The van der Waals surface area contributed by atoms with E-state index in [-0.39, 0.29) is 12.1 Å². The maximum atomic E-state index is 5.92. The van der Waals surface area contributed by atoms with Crippen molar-refractivity contribution in [3.05, 3.63) is 108 Å². The van der Waals surface area contributed by atoms with Crippen LogP contribution in [0.15, 0.2) is 85.1 Å². The average Bonchev–Trinajstić information content (AvgIpc) is 3.43. The molecule has 1 aliphatic heterocycles. The number of thiocarbonyl (C=S) groups is 1. The van der Waals surface area contributed by atoms with Crippen LogP contribution in [0, 0.1) is 6.92 Å². The Hall–Kier alpha value is -3.64. The van der Waals surface area contributed by atoms with E-state index in [0.717, 1.165) is 34.2 Å². The number of pyridine rings is 1. The van der Waals surface area contributed by atoms with Gasteiger partial charge < -0.3 is 19.5 Å². The molecule has 5 nitrogen and oxygen atoms in total. The molecule has 0 radical (unpaired) electrons. The van der Waals surface area contributed by atoms with Gasteiger partial charge in [0.25, 0.3) is 0 Å². The Morgan fingerprint density at radius 2 is 1.63 bits per heavy atom. The topological polar surface area (TPSA) is 42.3 Å². The first-order valence-corrected chi connectivity index (χ1v) is 12.3. The zero-order valence-corrected chi connectivity index (χ0v) is 21.3. The predicted molar refractivity (Wildman–Crippen MR) is 146 cm³/mol. The number of nitrogens with zero attached hydrogens (tertiary/aromatic N) is 3. The van der Waals surface area contributed by atoms with Gasteiger partial charge >= 0.3 is 0 Å². The quantitative estimate of drug-likeness (QED) is 0.318. The first kappa shape index (κ1) is 23.1. The minimum Gasteiger partial charge on any atom is -0.497 e. The third-order valence-electron chi connectivity index (χ3n) is 6.68. The molecule has 1 saturated heterocycles. The van der Waals surface area contributed by atoms with Crippen LogP contribution in [0.4, 0.5) is 5.69 Å². The van der Waals surface area contributed by atoms with Crippen molar-refractivity contribution in [3.63, 3.8) is 0 Å². The van der Waals surface area contributed by atoms with Gasteiger partial charge in [0.2, 0.25) is 0 Å². The number of ether oxygens (including phenoxy) is 1. The van der Waals surface area contributed by atoms with Crippen molar-refractivity contribution in [2.75, 3.05) is 12.0 Å². The first-order valence-electron chi connectivity index (χ1n) is 11.9. The summed E-state index contributed by atoms with van der Waals surface area (Å²) in [4.78, 5) is 6.92. The lowest BCUT2D eigenvalue weighted by Gasteiger charge is -2.29. The zero-order valence-electron chi connectivity index (χ0n) is 20.5. The van der Waals surface area contributed by atoms with Gasteiger partial charge in [-0.1, -0.05) is 32.0 Å². The Kier molecular flexibility index (Phi) is 6.31. The summed E-state index contributed by atoms with van der Waals surface area (Å²) in [5.74, 6) is 1.31. The minimum absolute atomic E-state index is 0.0851. The standard InChI is InChI=1S/C29H30N4OS/c1-19(2)21-9-11-23(12-10-21)33-28(27(31-29(33)35)25-7-5-6-18-30-25)26-17-8-20(3)32(26)22-13-15-24(34-4)16-14-22/h5-19,27-28H,1-4H3,(H,31,35)/t27-,28+/m1/s1. The number of rotatable bonds is 6. The van der Waals surface area contributed by atoms with Crippen molar-refractivity contribution in [2.45, 2.75) is 38.8 Å². The molecule has 0 aliphatic carbocycles. The van der Waals surface area contributed by atoms with Crippen LogP contribution < -0.4 is 15.0 Å². The lowest BCUT2D eigenvalue weighted by molar-refractivity contribution is 0.414. The lowest BCUT2D eigenvalue weighted by atomic mass is 9.99. The van der Waals surface area contributed by atoms with Crippen molar-refractivity contribution in [2.24, 2.45) is 0 Å². The number of nitrogens with one attached hydrogen (secondary N) is 1. The van der Waals surface area contributed by atoms with E-state index in [4.69, 9.17) is 21.9 Å². The monoisotopic (exact) mass is 482 g/mol. The molecule has 1 aliphatic rings. The molecule has 0 unspecified atom stereocenters. The number of anilines is 1. The number of methoxy groups -OCH3 is 1. The zero-order chi connectivity index (χ0) is 24.5. The van der Waals surface area contributed by atoms with E-state index < -0.39 is 0 Å². The van der Waals surface area contributed by atoms with Gasteiger partial charge in [-0.3, -0.25) is 4.98 Å². The SMILES string of the molecule is COc1ccc(-n2c(C)ccc2[C@H]2[C@@H](c3ccccn3)NC(=S)N2c2ccc(C(C)C)cc2)cc1. The second-order valence-corrected chi connectivity index (χ2v) is 9.56. The maximum absolute atomic E-state index is 5.92. The molecule has 0 saturated carbocycles. The van der Waals surface area contributed by atoms with Crippen LogP contribution in [0.1, 0.15) is 54.5 Å². The van der Waals surface area contributed by atoms with E-state index in [1.807, 2.05) is 30.5 Å². The van der Waals surface area contributed by atoms with Crippen LogP contribution >= 0.6 is 12.2 Å². The van der Waals surface area contributed by atoms with Crippen molar-refractivity contribution < 1.29 is 4.74 Å². The predicted octanol–water partition coefficient (Wildman–Crippen LogP) is 6.49. The van der Waals surface area contributed by atoms with E-state index in [1.165, 1.54) is 5.56 Å². The maximum Gasteiger partial charge on any atom is 0.174 e. The number of hydrogen-bond acceptors (Lipinski definition) is 3. The molecule has 1 N–H and O–H groups in total. The normalized spacial score (nSPS) is 17.6. The Morgan fingerprint density at radius 3 is 2.26 bits per heavy atom. The second-order valence-electron chi connectivity index (χ2n) is 9.18. The smallest absolute Gasteiger partial charge is 0.174 e. The van der Waals surface area contributed by atoms with Crippen molar-refractivity contribution in [3.8, 4) is 11.4 Å². The molecule has 5 rings (SSSR count). The van der Waals surface area contributed by atoms with Gasteiger partial charge in [-0.15, -0.1) is 0 Å². The highest BCUT2D eigenvalue weighted by molar-refractivity contribution is 7.80. The Morgan fingerprint density at radius 1 is 0.914 bits per heavy atom. The summed E-state index contributed by atoms with van der Waals surface area (Å²) in [6.45, 7) is 6.55. The number of aromatic nitrogens is 2. The summed E-state index contributed by atoms with van der Waals surface area (Å²) in [5, 5.41) is 4.27. The fraction of sp³-hybridized carbons (Fsp3) is 0.241. The molecule has 178 valence electrons. The third-order valence-corrected chi connectivity index (χ3v) is 6.99.